The van der Waals surface area contributed by atoms with Crippen LogP contribution in [0.15, 0.2) is 24.3 Å². The number of methoxy groups -OCH3 is 2. The van der Waals surface area contributed by atoms with Gasteiger partial charge in [-0.05, 0) is 39.3 Å². The van der Waals surface area contributed by atoms with Gasteiger partial charge >= 0.3 is 11.9 Å². The van der Waals surface area contributed by atoms with Crippen LogP contribution in [0, 0.1) is 0 Å². The topological polar surface area (TPSA) is 71.1 Å². The number of carbonyl (C=O) groups is 2. The largest absolute Gasteiger partial charge is 0.493 e. The van der Waals surface area contributed by atoms with E-state index in [9.17, 15) is 9.59 Å². The zero-order valence-corrected chi connectivity index (χ0v) is 15.0. The lowest BCUT2D eigenvalue weighted by atomic mass is 10.1. The first-order valence-corrected chi connectivity index (χ1v) is 7.52. The monoisotopic (exact) mass is 336 g/mol. The molecule has 1 rings (SSSR count). The highest BCUT2D eigenvalue weighted by molar-refractivity contribution is 6.02. The summed E-state index contributed by atoms with van der Waals surface area (Å²) in [7, 11) is 2.91. The van der Waals surface area contributed by atoms with Crippen LogP contribution in [0.5, 0.6) is 17.2 Å². The van der Waals surface area contributed by atoms with Gasteiger partial charge in [0.25, 0.3) is 0 Å². The second-order valence-electron chi connectivity index (χ2n) is 5.88. The van der Waals surface area contributed by atoms with Crippen molar-refractivity contribution in [2.75, 3.05) is 14.2 Å². The Kier molecular flexibility index (Phi) is 6.40. The molecule has 0 fully saturated rings. The van der Waals surface area contributed by atoms with Crippen LogP contribution >= 0.6 is 0 Å². The maximum atomic E-state index is 12.1. The number of ether oxygens (including phenoxy) is 4. The molecule has 0 saturated heterocycles. The summed E-state index contributed by atoms with van der Waals surface area (Å²) in [5, 5.41) is 0. The van der Waals surface area contributed by atoms with Gasteiger partial charge in [0.2, 0.25) is 5.75 Å². The van der Waals surface area contributed by atoms with Crippen LogP contribution in [-0.2, 0) is 9.53 Å². The molecule has 0 radical (unpaired) electrons. The summed E-state index contributed by atoms with van der Waals surface area (Å²) in [6.45, 7) is 10.8. The van der Waals surface area contributed by atoms with E-state index < -0.39 is 17.5 Å². The minimum Gasteiger partial charge on any atom is -0.493 e. The van der Waals surface area contributed by atoms with Crippen LogP contribution in [0.4, 0.5) is 0 Å². The molecule has 0 spiro atoms. The molecule has 0 atom stereocenters. The Morgan fingerprint density at radius 2 is 1.62 bits per heavy atom. The number of hydrogen-bond acceptors (Lipinski definition) is 6. The van der Waals surface area contributed by atoms with Crippen molar-refractivity contribution in [3.05, 3.63) is 29.8 Å². The molecule has 0 amide bonds. The van der Waals surface area contributed by atoms with Gasteiger partial charge in [-0.2, -0.15) is 0 Å². The van der Waals surface area contributed by atoms with Crippen molar-refractivity contribution < 1.29 is 28.5 Å². The fraction of sp³-hybridized carbons (Fsp3) is 0.444. The highest BCUT2D eigenvalue weighted by atomic mass is 16.6. The normalized spacial score (nSPS) is 10.8. The zero-order valence-electron chi connectivity index (χ0n) is 15.0. The minimum absolute atomic E-state index is 0.111. The van der Waals surface area contributed by atoms with Crippen LogP contribution in [0.3, 0.4) is 0 Å². The average molecular weight is 336 g/mol. The number of rotatable bonds is 7. The quantitative estimate of drug-likeness (QED) is 0.431. The van der Waals surface area contributed by atoms with Crippen LogP contribution < -0.4 is 14.2 Å². The Bertz CT molecular complexity index is 620. The summed E-state index contributed by atoms with van der Waals surface area (Å²) in [5.41, 5.74) is -0.203. The molecule has 0 unspecified atom stereocenters. The van der Waals surface area contributed by atoms with Crippen molar-refractivity contribution in [2.45, 2.75) is 39.7 Å². The van der Waals surface area contributed by atoms with Gasteiger partial charge in [-0.3, -0.25) is 0 Å². The summed E-state index contributed by atoms with van der Waals surface area (Å²) in [4.78, 5) is 23.6. The molecule has 0 aliphatic rings. The van der Waals surface area contributed by atoms with E-state index in [-0.39, 0.29) is 11.1 Å². The third-order valence-electron chi connectivity index (χ3n) is 3.46. The van der Waals surface area contributed by atoms with Gasteiger partial charge in [0.1, 0.15) is 5.60 Å². The van der Waals surface area contributed by atoms with Gasteiger partial charge in [-0.1, -0.05) is 13.5 Å². The highest BCUT2D eigenvalue weighted by Crippen LogP contribution is 2.41. The number of carbonyl (C=O) groups excluding carboxylic acids is 2. The minimum atomic E-state index is -0.819. The number of hydrogen-bond donors (Lipinski definition) is 0. The van der Waals surface area contributed by atoms with Crippen LogP contribution in [0.25, 0.3) is 0 Å². The smallest absolute Gasteiger partial charge is 0.346 e. The second kappa shape index (κ2) is 7.86. The Balaban J connectivity index is 3.26. The second-order valence-corrected chi connectivity index (χ2v) is 5.88. The van der Waals surface area contributed by atoms with E-state index in [0.29, 0.717) is 17.2 Å². The standard InChI is InChI=1S/C18H24O6/c1-8-18(4,5)24-15-13(21-6)9-12(10-14(15)22-7)17(20)23-16(19)11(2)3/h9-10H,2,8H2,1,3-7H3. The van der Waals surface area contributed by atoms with Crippen molar-refractivity contribution >= 4 is 11.9 Å². The Hall–Kier alpha value is -2.50. The molecule has 6 heteroatoms. The summed E-state index contributed by atoms with van der Waals surface area (Å²) in [6, 6.07) is 2.88. The van der Waals surface area contributed by atoms with Crippen LogP contribution in [0.2, 0.25) is 0 Å². The molecule has 0 aliphatic heterocycles. The first-order valence-electron chi connectivity index (χ1n) is 7.52. The van der Waals surface area contributed by atoms with E-state index in [1.54, 1.807) is 0 Å². The first-order chi connectivity index (χ1) is 11.1. The van der Waals surface area contributed by atoms with Gasteiger partial charge in [0, 0.05) is 5.57 Å². The van der Waals surface area contributed by atoms with E-state index in [0.717, 1.165) is 6.42 Å². The van der Waals surface area contributed by atoms with E-state index in [4.69, 9.17) is 18.9 Å². The fourth-order valence-electron chi connectivity index (χ4n) is 1.68. The summed E-state index contributed by atoms with van der Waals surface area (Å²) < 4.78 is 21.3. The Morgan fingerprint density at radius 1 is 1.12 bits per heavy atom. The molecule has 24 heavy (non-hydrogen) atoms. The van der Waals surface area contributed by atoms with Crippen molar-refractivity contribution in [3.63, 3.8) is 0 Å². The van der Waals surface area contributed by atoms with Crippen molar-refractivity contribution in [1.29, 1.82) is 0 Å². The number of benzene rings is 1. The third-order valence-corrected chi connectivity index (χ3v) is 3.46. The average Bonchev–Trinajstić information content (AvgIpc) is 2.54. The van der Waals surface area contributed by atoms with E-state index >= 15 is 0 Å². The van der Waals surface area contributed by atoms with Crippen LogP contribution in [-0.4, -0.2) is 31.8 Å². The lowest BCUT2D eigenvalue weighted by molar-refractivity contribution is -0.133. The molecule has 0 saturated carbocycles. The number of esters is 2. The summed E-state index contributed by atoms with van der Waals surface area (Å²) >= 11 is 0. The molecule has 1 aromatic carbocycles. The van der Waals surface area contributed by atoms with Gasteiger partial charge in [-0.25, -0.2) is 9.59 Å². The first kappa shape index (κ1) is 19.5. The Morgan fingerprint density at radius 3 is 2.00 bits per heavy atom. The van der Waals surface area contributed by atoms with Gasteiger partial charge in [-0.15, -0.1) is 0 Å². The fourth-order valence-corrected chi connectivity index (χ4v) is 1.68. The van der Waals surface area contributed by atoms with Crippen molar-refractivity contribution in [3.8, 4) is 17.2 Å². The third kappa shape index (κ3) is 4.75. The lowest BCUT2D eigenvalue weighted by Crippen LogP contribution is -2.27. The lowest BCUT2D eigenvalue weighted by Gasteiger charge is -2.27. The van der Waals surface area contributed by atoms with Crippen LogP contribution in [0.1, 0.15) is 44.5 Å². The predicted molar refractivity (Wildman–Crippen MR) is 89.8 cm³/mol. The van der Waals surface area contributed by atoms with E-state index in [1.807, 2.05) is 20.8 Å². The molecule has 0 N–H and O–H groups in total. The Labute approximate surface area is 142 Å². The molecule has 6 nitrogen and oxygen atoms in total. The highest BCUT2D eigenvalue weighted by Gasteiger charge is 2.25. The molecule has 132 valence electrons. The molecule has 1 aromatic rings. The zero-order chi connectivity index (χ0) is 18.5. The maximum absolute atomic E-state index is 12.1. The van der Waals surface area contributed by atoms with Crippen molar-refractivity contribution in [2.24, 2.45) is 0 Å². The molecular weight excluding hydrogens is 312 g/mol. The maximum Gasteiger partial charge on any atom is 0.346 e. The molecule has 0 aromatic heterocycles. The molecule has 0 heterocycles. The van der Waals surface area contributed by atoms with E-state index in [1.165, 1.54) is 33.3 Å². The summed E-state index contributed by atoms with van der Waals surface area (Å²) in [5.74, 6) is -0.600. The SMILES string of the molecule is C=C(C)C(=O)OC(=O)c1cc(OC)c(OC(C)(C)CC)c(OC)c1. The van der Waals surface area contributed by atoms with Crippen molar-refractivity contribution in [1.82, 2.24) is 0 Å². The van der Waals surface area contributed by atoms with Gasteiger partial charge in [0.05, 0.1) is 19.8 Å². The summed E-state index contributed by atoms with van der Waals surface area (Å²) in [6.07, 6.45) is 0.760. The van der Waals surface area contributed by atoms with Gasteiger partial charge in [0.15, 0.2) is 11.5 Å². The van der Waals surface area contributed by atoms with Gasteiger partial charge < -0.3 is 18.9 Å². The molecule has 0 aliphatic carbocycles. The molecular formula is C18H24O6. The predicted octanol–water partition coefficient (Wildman–Crippen LogP) is 3.53. The van der Waals surface area contributed by atoms with E-state index in [2.05, 4.69) is 6.58 Å². The molecule has 0 bridgehead atoms.